The largest absolute Gasteiger partial charge is 0.393 e. The SMILES string of the molecule is COCCCCN1CCCCCC1CC(C)O. The van der Waals surface area contributed by atoms with Crippen LogP contribution in [0.15, 0.2) is 0 Å². The number of nitrogens with zero attached hydrogens (tertiary/aromatic N) is 1. The fraction of sp³-hybridized carbons (Fsp3) is 1.00. The van der Waals surface area contributed by atoms with E-state index in [0.29, 0.717) is 6.04 Å². The molecule has 0 aromatic heterocycles. The van der Waals surface area contributed by atoms with E-state index in [1.54, 1.807) is 7.11 Å². The number of likely N-dealkylation sites (tertiary alicyclic amines) is 1. The molecular weight excluding hydrogens is 214 g/mol. The topological polar surface area (TPSA) is 32.7 Å². The smallest absolute Gasteiger partial charge is 0.0527 e. The maximum atomic E-state index is 9.58. The molecule has 2 atom stereocenters. The third-order valence-electron chi connectivity index (χ3n) is 3.66. The maximum absolute atomic E-state index is 9.58. The highest BCUT2D eigenvalue weighted by molar-refractivity contribution is 4.77. The Morgan fingerprint density at radius 2 is 2.12 bits per heavy atom. The zero-order valence-electron chi connectivity index (χ0n) is 11.5. The predicted octanol–water partition coefficient (Wildman–Crippen LogP) is 2.43. The molecule has 2 unspecified atom stereocenters. The molecule has 0 radical (unpaired) electrons. The number of rotatable bonds is 7. The van der Waals surface area contributed by atoms with E-state index in [1.165, 1.54) is 45.2 Å². The Balaban J connectivity index is 2.33. The van der Waals surface area contributed by atoms with Crippen molar-refractivity contribution in [2.45, 2.75) is 64.0 Å². The van der Waals surface area contributed by atoms with E-state index in [2.05, 4.69) is 4.90 Å². The van der Waals surface area contributed by atoms with Crippen molar-refractivity contribution in [3.8, 4) is 0 Å². The molecule has 0 aromatic rings. The van der Waals surface area contributed by atoms with Gasteiger partial charge in [0.05, 0.1) is 6.10 Å². The monoisotopic (exact) mass is 243 g/mol. The summed E-state index contributed by atoms with van der Waals surface area (Å²) >= 11 is 0. The van der Waals surface area contributed by atoms with Gasteiger partial charge in [0.25, 0.3) is 0 Å². The fourth-order valence-electron chi connectivity index (χ4n) is 2.75. The zero-order valence-corrected chi connectivity index (χ0v) is 11.5. The van der Waals surface area contributed by atoms with Crippen LogP contribution in [-0.4, -0.2) is 49.0 Å². The molecule has 1 saturated heterocycles. The summed E-state index contributed by atoms with van der Waals surface area (Å²) in [4.78, 5) is 2.59. The molecule has 0 saturated carbocycles. The molecule has 1 rings (SSSR count). The van der Waals surface area contributed by atoms with E-state index in [-0.39, 0.29) is 6.10 Å². The van der Waals surface area contributed by atoms with Crippen molar-refractivity contribution in [1.82, 2.24) is 4.90 Å². The van der Waals surface area contributed by atoms with Gasteiger partial charge in [0.1, 0.15) is 0 Å². The molecular formula is C14H29NO2. The van der Waals surface area contributed by atoms with E-state index in [0.717, 1.165) is 19.4 Å². The summed E-state index contributed by atoms with van der Waals surface area (Å²) in [5.41, 5.74) is 0. The molecule has 1 fully saturated rings. The summed E-state index contributed by atoms with van der Waals surface area (Å²) in [5.74, 6) is 0. The standard InChI is InChI=1S/C14H29NO2/c1-13(16)12-14-8-4-3-5-9-15(14)10-6-7-11-17-2/h13-14,16H,3-12H2,1-2H3. The van der Waals surface area contributed by atoms with Gasteiger partial charge < -0.3 is 14.7 Å². The Morgan fingerprint density at radius 1 is 1.29 bits per heavy atom. The lowest BCUT2D eigenvalue weighted by Crippen LogP contribution is -2.37. The highest BCUT2D eigenvalue weighted by atomic mass is 16.5. The Morgan fingerprint density at radius 3 is 2.82 bits per heavy atom. The number of ether oxygens (including phenoxy) is 1. The van der Waals surface area contributed by atoms with Crippen LogP contribution in [0.25, 0.3) is 0 Å². The molecule has 1 N–H and O–H groups in total. The molecule has 1 aliphatic heterocycles. The van der Waals surface area contributed by atoms with Crippen LogP contribution in [0.3, 0.4) is 0 Å². The lowest BCUT2D eigenvalue weighted by Gasteiger charge is -2.30. The number of hydrogen-bond acceptors (Lipinski definition) is 3. The van der Waals surface area contributed by atoms with Crippen molar-refractivity contribution in [3.05, 3.63) is 0 Å². The van der Waals surface area contributed by atoms with E-state index in [9.17, 15) is 5.11 Å². The van der Waals surface area contributed by atoms with Crippen LogP contribution in [-0.2, 0) is 4.74 Å². The second-order valence-electron chi connectivity index (χ2n) is 5.32. The zero-order chi connectivity index (χ0) is 12.5. The lowest BCUT2D eigenvalue weighted by atomic mass is 10.0. The minimum atomic E-state index is -0.167. The number of methoxy groups -OCH3 is 1. The minimum Gasteiger partial charge on any atom is -0.393 e. The molecule has 0 aliphatic carbocycles. The quantitative estimate of drug-likeness (QED) is 0.697. The maximum Gasteiger partial charge on any atom is 0.0527 e. The number of aliphatic hydroxyl groups excluding tert-OH is 1. The first kappa shape index (κ1) is 14.9. The molecule has 17 heavy (non-hydrogen) atoms. The number of aliphatic hydroxyl groups is 1. The first-order valence-electron chi connectivity index (χ1n) is 7.15. The van der Waals surface area contributed by atoms with Crippen molar-refractivity contribution >= 4 is 0 Å². The van der Waals surface area contributed by atoms with Crippen molar-refractivity contribution in [1.29, 1.82) is 0 Å². The number of hydrogen-bond donors (Lipinski definition) is 1. The molecule has 0 bridgehead atoms. The van der Waals surface area contributed by atoms with Crippen molar-refractivity contribution < 1.29 is 9.84 Å². The van der Waals surface area contributed by atoms with Gasteiger partial charge in [-0.2, -0.15) is 0 Å². The van der Waals surface area contributed by atoms with Crippen molar-refractivity contribution in [3.63, 3.8) is 0 Å². The first-order chi connectivity index (χ1) is 8.24. The van der Waals surface area contributed by atoms with E-state index >= 15 is 0 Å². The molecule has 102 valence electrons. The Labute approximate surface area is 106 Å². The predicted molar refractivity (Wildman–Crippen MR) is 71.2 cm³/mol. The van der Waals surface area contributed by atoms with Gasteiger partial charge >= 0.3 is 0 Å². The van der Waals surface area contributed by atoms with Gasteiger partial charge in [-0.15, -0.1) is 0 Å². The Kier molecular flexibility index (Phi) is 7.82. The van der Waals surface area contributed by atoms with E-state index in [4.69, 9.17) is 4.74 Å². The molecule has 1 heterocycles. The third kappa shape index (κ3) is 6.39. The minimum absolute atomic E-state index is 0.167. The van der Waals surface area contributed by atoms with Crippen LogP contribution < -0.4 is 0 Å². The first-order valence-corrected chi connectivity index (χ1v) is 7.15. The highest BCUT2D eigenvalue weighted by Gasteiger charge is 2.21. The normalized spacial score (nSPS) is 24.5. The summed E-state index contributed by atoms with van der Waals surface area (Å²) < 4.78 is 5.09. The van der Waals surface area contributed by atoms with Gasteiger partial charge in [-0.05, 0) is 52.1 Å². The molecule has 0 amide bonds. The molecule has 0 aromatic carbocycles. The highest BCUT2D eigenvalue weighted by Crippen LogP contribution is 2.20. The van der Waals surface area contributed by atoms with Crippen molar-refractivity contribution in [2.24, 2.45) is 0 Å². The Hall–Kier alpha value is -0.120. The van der Waals surface area contributed by atoms with Gasteiger partial charge in [-0.3, -0.25) is 0 Å². The van der Waals surface area contributed by atoms with Gasteiger partial charge in [0, 0.05) is 19.8 Å². The second-order valence-corrected chi connectivity index (χ2v) is 5.32. The van der Waals surface area contributed by atoms with Crippen LogP contribution in [0.4, 0.5) is 0 Å². The van der Waals surface area contributed by atoms with Crippen LogP contribution >= 0.6 is 0 Å². The van der Waals surface area contributed by atoms with E-state index in [1.807, 2.05) is 6.92 Å². The summed E-state index contributed by atoms with van der Waals surface area (Å²) in [6.45, 7) is 5.16. The van der Waals surface area contributed by atoms with Gasteiger partial charge in [-0.1, -0.05) is 12.8 Å². The van der Waals surface area contributed by atoms with Gasteiger partial charge in [-0.25, -0.2) is 0 Å². The van der Waals surface area contributed by atoms with Crippen LogP contribution in [0.2, 0.25) is 0 Å². The van der Waals surface area contributed by atoms with Crippen LogP contribution in [0.1, 0.15) is 51.9 Å². The average Bonchev–Trinajstić information content (AvgIpc) is 2.50. The Bertz CT molecular complexity index is 185. The molecule has 3 nitrogen and oxygen atoms in total. The van der Waals surface area contributed by atoms with Crippen molar-refractivity contribution in [2.75, 3.05) is 26.8 Å². The van der Waals surface area contributed by atoms with Crippen LogP contribution in [0.5, 0.6) is 0 Å². The average molecular weight is 243 g/mol. The molecule has 0 spiro atoms. The van der Waals surface area contributed by atoms with Crippen LogP contribution in [0, 0.1) is 0 Å². The fourth-order valence-corrected chi connectivity index (χ4v) is 2.75. The summed E-state index contributed by atoms with van der Waals surface area (Å²) in [6.07, 6.45) is 8.38. The van der Waals surface area contributed by atoms with Gasteiger partial charge in [0.15, 0.2) is 0 Å². The van der Waals surface area contributed by atoms with Gasteiger partial charge in [0.2, 0.25) is 0 Å². The molecule has 1 aliphatic rings. The van der Waals surface area contributed by atoms with E-state index < -0.39 is 0 Å². The second kappa shape index (κ2) is 8.90. The summed E-state index contributed by atoms with van der Waals surface area (Å²) in [5, 5.41) is 9.58. The lowest BCUT2D eigenvalue weighted by molar-refractivity contribution is 0.108. The number of unbranched alkanes of at least 4 members (excludes halogenated alkanes) is 1. The third-order valence-corrected chi connectivity index (χ3v) is 3.66. The summed E-state index contributed by atoms with van der Waals surface area (Å²) in [7, 11) is 1.77. The molecule has 3 heteroatoms. The summed E-state index contributed by atoms with van der Waals surface area (Å²) in [6, 6.07) is 0.597.